The van der Waals surface area contributed by atoms with Gasteiger partial charge in [-0.25, -0.2) is 9.97 Å². The highest BCUT2D eigenvalue weighted by Gasteiger charge is 2.32. The predicted molar refractivity (Wildman–Crippen MR) is 90.6 cm³/mol. The molecule has 3 aromatic rings. The van der Waals surface area contributed by atoms with Crippen LogP contribution in [0.2, 0.25) is 0 Å². The number of fused-ring (bicyclic) bond motifs is 4. The van der Waals surface area contributed by atoms with Gasteiger partial charge in [0.2, 0.25) is 5.65 Å². The van der Waals surface area contributed by atoms with E-state index in [2.05, 4.69) is 40.9 Å². The number of hydrogen-bond donors (Lipinski definition) is 0. The van der Waals surface area contributed by atoms with Gasteiger partial charge in [-0.1, -0.05) is 0 Å². The van der Waals surface area contributed by atoms with Gasteiger partial charge in [-0.05, 0) is 41.4 Å². The van der Waals surface area contributed by atoms with Crippen molar-refractivity contribution >= 4 is 38.6 Å². The van der Waals surface area contributed by atoms with E-state index < -0.39 is 0 Å². The van der Waals surface area contributed by atoms with Crippen molar-refractivity contribution in [3.8, 4) is 0 Å². The van der Waals surface area contributed by atoms with Gasteiger partial charge in [-0.2, -0.15) is 0 Å². The lowest BCUT2D eigenvalue weighted by Gasteiger charge is -2.38. The molecule has 0 spiro atoms. The third-order valence-corrected chi connectivity index (χ3v) is 5.35. The maximum atomic E-state index is 4.81. The molecular formula is C15H16BrN7. The highest BCUT2D eigenvalue weighted by atomic mass is 79.9. The average molecular weight is 374 g/mol. The molecule has 0 aromatic carbocycles. The lowest BCUT2D eigenvalue weighted by Crippen LogP contribution is -2.50. The lowest BCUT2D eigenvalue weighted by molar-refractivity contribution is 0.230. The first kappa shape index (κ1) is 13.6. The highest BCUT2D eigenvalue weighted by molar-refractivity contribution is 9.10. The second kappa shape index (κ2) is 5.10. The molecule has 118 valence electrons. The molecule has 3 aromatic heterocycles. The predicted octanol–water partition coefficient (Wildman–Crippen LogP) is 1.72. The molecule has 2 aliphatic heterocycles. The first-order chi connectivity index (χ1) is 11.3. The van der Waals surface area contributed by atoms with E-state index in [9.17, 15) is 0 Å². The van der Waals surface area contributed by atoms with Crippen molar-refractivity contribution < 1.29 is 0 Å². The number of halogens is 1. The van der Waals surface area contributed by atoms with Crippen LogP contribution in [0.4, 0.5) is 5.82 Å². The number of anilines is 1. The Balaban J connectivity index is 1.65. The number of hydrogen-bond acceptors (Lipinski definition) is 6. The van der Waals surface area contributed by atoms with Gasteiger partial charge in [0, 0.05) is 36.3 Å². The summed E-state index contributed by atoms with van der Waals surface area (Å²) in [5, 5.41) is 8.41. The molecule has 2 fully saturated rings. The van der Waals surface area contributed by atoms with E-state index in [0.29, 0.717) is 6.04 Å². The molecule has 0 N–H and O–H groups in total. The topological polar surface area (TPSA) is 62.5 Å². The molecule has 8 heteroatoms. The zero-order valence-corrected chi connectivity index (χ0v) is 14.1. The average Bonchev–Trinajstić information content (AvgIpc) is 3.22. The van der Waals surface area contributed by atoms with E-state index in [1.807, 2.05) is 10.5 Å². The van der Waals surface area contributed by atoms with Crippen molar-refractivity contribution in [2.75, 3.05) is 31.1 Å². The van der Waals surface area contributed by atoms with Crippen LogP contribution in [-0.2, 0) is 0 Å². The Morgan fingerprint density at radius 1 is 1.22 bits per heavy atom. The van der Waals surface area contributed by atoms with Crippen molar-refractivity contribution in [3.63, 3.8) is 0 Å². The van der Waals surface area contributed by atoms with E-state index in [1.165, 1.54) is 19.4 Å². The molecular weight excluding hydrogens is 358 g/mol. The molecule has 5 heterocycles. The minimum Gasteiger partial charge on any atom is -0.351 e. The minimum atomic E-state index is 0.641. The Morgan fingerprint density at radius 2 is 2.17 bits per heavy atom. The Bertz CT molecular complexity index is 892. The van der Waals surface area contributed by atoms with Crippen molar-refractivity contribution in [3.05, 3.63) is 23.1 Å². The van der Waals surface area contributed by atoms with Crippen LogP contribution in [0.15, 0.2) is 23.1 Å². The molecule has 0 amide bonds. The molecule has 0 bridgehead atoms. The molecule has 0 saturated carbocycles. The molecule has 2 aliphatic rings. The summed E-state index contributed by atoms with van der Waals surface area (Å²) in [7, 11) is 0. The summed E-state index contributed by atoms with van der Waals surface area (Å²) in [6.07, 6.45) is 6.10. The van der Waals surface area contributed by atoms with Crippen LogP contribution in [0, 0.1) is 0 Å². The molecule has 1 atom stereocenters. The van der Waals surface area contributed by atoms with Crippen LogP contribution in [0.25, 0.3) is 16.8 Å². The molecule has 7 nitrogen and oxygen atoms in total. The van der Waals surface area contributed by atoms with Crippen LogP contribution >= 0.6 is 15.9 Å². The normalized spacial score (nSPS) is 22.1. The van der Waals surface area contributed by atoms with Gasteiger partial charge in [-0.3, -0.25) is 9.30 Å². The number of aromatic nitrogens is 5. The summed E-state index contributed by atoms with van der Waals surface area (Å²) in [5.41, 5.74) is 2.45. The monoisotopic (exact) mass is 373 g/mol. The smallest absolute Gasteiger partial charge is 0.204 e. The second-order valence-electron chi connectivity index (χ2n) is 6.23. The Kier molecular flexibility index (Phi) is 3.02. The van der Waals surface area contributed by atoms with E-state index in [4.69, 9.17) is 4.98 Å². The van der Waals surface area contributed by atoms with Gasteiger partial charge in [0.25, 0.3) is 0 Å². The zero-order chi connectivity index (χ0) is 15.4. The highest BCUT2D eigenvalue weighted by Crippen LogP contribution is 2.28. The fraction of sp³-hybridized carbons (Fsp3) is 0.467. The number of rotatable bonds is 1. The van der Waals surface area contributed by atoms with Crippen molar-refractivity contribution in [1.29, 1.82) is 0 Å². The van der Waals surface area contributed by atoms with E-state index >= 15 is 0 Å². The number of pyridine rings is 1. The summed E-state index contributed by atoms with van der Waals surface area (Å²) in [6.45, 7) is 4.32. The third-order valence-electron chi connectivity index (χ3n) is 4.92. The number of nitrogens with zero attached hydrogens (tertiary/aromatic N) is 7. The first-order valence-corrected chi connectivity index (χ1v) is 8.73. The summed E-state index contributed by atoms with van der Waals surface area (Å²) >= 11 is 3.47. The SMILES string of the molecule is Brc1cnc2nc(N3CCN4CCCC4C3)c3nncn3c2c1. The van der Waals surface area contributed by atoms with Gasteiger partial charge >= 0.3 is 0 Å². The van der Waals surface area contributed by atoms with Crippen LogP contribution in [0.5, 0.6) is 0 Å². The Labute approximate surface area is 141 Å². The van der Waals surface area contributed by atoms with Crippen molar-refractivity contribution in [1.82, 2.24) is 29.5 Å². The molecule has 0 aliphatic carbocycles. The van der Waals surface area contributed by atoms with Crippen LogP contribution in [-0.4, -0.2) is 61.7 Å². The summed E-state index contributed by atoms with van der Waals surface area (Å²) in [4.78, 5) is 14.2. The third kappa shape index (κ3) is 2.12. The maximum Gasteiger partial charge on any atom is 0.204 e. The van der Waals surface area contributed by atoms with E-state index in [0.717, 1.165) is 46.7 Å². The van der Waals surface area contributed by atoms with E-state index in [1.54, 1.807) is 12.5 Å². The Hall–Kier alpha value is -1.80. The molecule has 1 unspecified atom stereocenters. The van der Waals surface area contributed by atoms with Crippen LogP contribution < -0.4 is 4.90 Å². The van der Waals surface area contributed by atoms with Gasteiger partial charge in [0.1, 0.15) is 6.33 Å². The molecule has 5 rings (SSSR count). The van der Waals surface area contributed by atoms with Crippen LogP contribution in [0.3, 0.4) is 0 Å². The largest absolute Gasteiger partial charge is 0.351 e. The molecule has 23 heavy (non-hydrogen) atoms. The maximum absolute atomic E-state index is 4.81. The second-order valence-corrected chi connectivity index (χ2v) is 7.15. The van der Waals surface area contributed by atoms with Gasteiger partial charge < -0.3 is 4.90 Å². The lowest BCUT2D eigenvalue weighted by atomic mass is 10.1. The minimum absolute atomic E-state index is 0.641. The standard InChI is InChI=1S/C15H16BrN7/c16-10-6-12-13(17-7-10)19-14(15-20-18-9-23(12)15)22-5-4-21-3-1-2-11(21)8-22/h6-7,9,11H,1-5,8H2. The van der Waals surface area contributed by atoms with Gasteiger partial charge in [0.15, 0.2) is 11.5 Å². The quantitative estimate of drug-likeness (QED) is 0.647. The molecule has 2 saturated heterocycles. The van der Waals surface area contributed by atoms with Crippen molar-refractivity contribution in [2.45, 2.75) is 18.9 Å². The van der Waals surface area contributed by atoms with Crippen LogP contribution in [0.1, 0.15) is 12.8 Å². The summed E-state index contributed by atoms with van der Waals surface area (Å²) in [6, 6.07) is 2.65. The van der Waals surface area contributed by atoms with E-state index in [-0.39, 0.29) is 0 Å². The Morgan fingerprint density at radius 3 is 3.13 bits per heavy atom. The van der Waals surface area contributed by atoms with Gasteiger partial charge in [0.05, 0.1) is 5.52 Å². The fourth-order valence-electron chi connectivity index (χ4n) is 3.79. The first-order valence-electron chi connectivity index (χ1n) is 7.93. The number of piperazine rings is 1. The van der Waals surface area contributed by atoms with Crippen molar-refractivity contribution in [2.24, 2.45) is 0 Å². The summed E-state index contributed by atoms with van der Waals surface area (Å²) < 4.78 is 2.91. The summed E-state index contributed by atoms with van der Waals surface area (Å²) in [5.74, 6) is 0.899. The fourth-order valence-corrected chi connectivity index (χ4v) is 4.11. The zero-order valence-electron chi connectivity index (χ0n) is 12.6. The van der Waals surface area contributed by atoms with Gasteiger partial charge in [-0.15, -0.1) is 10.2 Å². The molecule has 0 radical (unpaired) electrons.